The van der Waals surface area contributed by atoms with E-state index in [-0.39, 0.29) is 6.10 Å². The molecule has 0 aliphatic heterocycles. The van der Waals surface area contributed by atoms with E-state index in [9.17, 15) is 4.79 Å². The summed E-state index contributed by atoms with van der Waals surface area (Å²) in [5.41, 5.74) is 0.403. The second-order valence-corrected chi connectivity index (χ2v) is 4.66. The minimum absolute atomic E-state index is 0.0388. The fourth-order valence-corrected chi connectivity index (χ4v) is 2.23. The lowest BCUT2D eigenvalue weighted by molar-refractivity contribution is -0.279. The molecule has 104 valence electrons. The van der Waals surface area contributed by atoms with Crippen molar-refractivity contribution in [2.24, 2.45) is 0 Å². The molecule has 1 aliphatic rings. The van der Waals surface area contributed by atoms with Crippen LogP contribution in [-0.2, 0) is 9.78 Å². The van der Waals surface area contributed by atoms with E-state index in [1.54, 1.807) is 18.2 Å². The van der Waals surface area contributed by atoms with Crippen molar-refractivity contribution >= 4 is 5.97 Å². The average molecular weight is 264 g/mol. The van der Waals surface area contributed by atoms with Crippen molar-refractivity contribution in [2.45, 2.75) is 45.1 Å². The third-order valence-corrected chi connectivity index (χ3v) is 3.22. The Morgan fingerprint density at radius 1 is 1.21 bits per heavy atom. The molecule has 0 atom stereocenters. The summed E-state index contributed by atoms with van der Waals surface area (Å²) in [7, 11) is 0. The van der Waals surface area contributed by atoms with Crippen molar-refractivity contribution in [1.82, 2.24) is 0 Å². The molecule has 4 nitrogen and oxygen atoms in total. The van der Waals surface area contributed by atoms with Gasteiger partial charge in [0.15, 0.2) is 0 Å². The van der Waals surface area contributed by atoms with Gasteiger partial charge in [-0.25, -0.2) is 4.79 Å². The SMILES string of the molecule is CCOc1ccccc1C(=O)OOC1CCCCC1. The van der Waals surface area contributed by atoms with Crippen molar-refractivity contribution < 1.29 is 19.3 Å². The Hall–Kier alpha value is -1.55. The monoisotopic (exact) mass is 264 g/mol. The number of hydrogen-bond donors (Lipinski definition) is 0. The summed E-state index contributed by atoms with van der Waals surface area (Å²) in [5.74, 6) is 0.0388. The van der Waals surface area contributed by atoms with Crippen LogP contribution in [0.4, 0.5) is 0 Å². The van der Waals surface area contributed by atoms with Crippen LogP contribution in [0.2, 0.25) is 0 Å². The molecule has 1 aromatic carbocycles. The molecule has 1 aromatic rings. The highest BCUT2D eigenvalue weighted by Crippen LogP contribution is 2.22. The van der Waals surface area contributed by atoms with Gasteiger partial charge < -0.3 is 4.74 Å². The summed E-state index contributed by atoms with van der Waals surface area (Å²) in [5, 5.41) is 0. The Morgan fingerprint density at radius 3 is 2.68 bits per heavy atom. The van der Waals surface area contributed by atoms with E-state index >= 15 is 0 Å². The molecule has 0 amide bonds. The minimum atomic E-state index is -0.491. The van der Waals surface area contributed by atoms with E-state index in [0.717, 1.165) is 25.7 Å². The largest absolute Gasteiger partial charge is 0.493 e. The van der Waals surface area contributed by atoms with Crippen LogP contribution in [0.1, 0.15) is 49.4 Å². The van der Waals surface area contributed by atoms with E-state index in [2.05, 4.69) is 0 Å². The van der Waals surface area contributed by atoms with E-state index in [1.807, 2.05) is 13.0 Å². The molecule has 2 rings (SSSR count). The van der Waals surface area contributed by atoms with Gasteiger partial charge in [0.2, 0.25) is 0 Å². The normalized spacial score (nSPS) is 16.1. The number of benzene rings is 1. The molecule has 0 saturated heterocycles. The Bertz CT molecular complexity index is 410. The zero-order valence-corrected chi connectivity index (χ0v) is 11.3. The highest BCUT2D eigenvalue weighted by Gasteiger charge is 2.19. The molecule has 0 N–H and O–H groups in total. The van der Waals surface area contributed by atoms with Crippen LogP contribution in [0.25, 0.3) is 0 Å². The van der Waals surface area contributed by atoms with E-state index < -0.39 is 5.97 Å². The van der Waals surface area contributed by atoms with Crippen molar-refractivity contribution in [3.05, 3.63) is 29.8 Å². The smallest absolute Gasteiger partial charge is 0.376 e. The molecule has 4 heteroatoms. The Balaban J connectivity index is 1.91. The summed E-state index contributed by atoms with van der Waals surface area (Å²) in [6, 6.07) is 7.03. The summed E-state index contributed by atoms with van der Waals surface area (Å²) in [6.07, 6.45) is 5.47. The molecular formula is C15H20O4. The first-order valence-electron chi connectivity index (χ1n) is 6.90. The minimum Gasteiger partial charge on any atom is -0.493 e. The maximum absolute atomic E-state index is 12.0. The molecule has 1 aliphatic carbocycles. The third-order valence-electron chi connectivity index (χ3n) is 3.22. The first kappa shape index (κ1) is 13.9. The van der Waals surface area contributed by atoms with E-state index in [4.69, 9.17) is 14.5 Å². The molecule has 0 bridgehead atoms. The topological polar surface area (TPSA) is 44.8 Å². The third kappa shape index (κ3) is 3.96. The van der Waals surface area contributed by atoms with Crippen molar-refractivity contribution in [1.29, 1.82) is 0 Å². The number of rotatable bonds is 5. The number of ether oxygens (including phenoxy) is 1. The van der Waals surface area contributed by atoms with Crippen LogP contribution in [0, 0.1) is 0 Å². The van der Waals surface area contributed by atoms with Gasteiger partial charge in [-0.1, -0.05) is 31.4 Å². The predicted octanol–water partition coefficient (Wildman–Crippen LogP) is 3.51. The molecule has 19 heavy (non-hydrogen) atoms. The van der Waals surface area contributed by atoms with Crippen molar-refractivity contribution in [3.63, 3.8) is 0 Å². The molecule has 0 unspecified atom stereocenters. The highest BCUT2D eigenvalue weighted by molar-refractivity contribution is 5.92. The van der Waals surface area contributed by atoms with Gasteiger partial charge in [0.1, 0.15) is 17.4 Å². The van der Waals surface area contributed by atoms with Crippen molar-refractivity contribution in [3.8, 4) is 5.75 Å². The molecular weight excluding hydrogens is 244 g/mol. The molecule has 1 fully saturated rings. The first-order chi connectivity index (χ1) is 9.31. The van der Waals surface area contributed by atoms with E-state index in [0.29, 0.717) is 17.9 Å². The molecule has 0 heterocycles. The first-order valence-corrected chi connectivity index (χ1v) is 6.90. The van der Waals surface area contributed by atoms with Gasteiger partial charge >= 0.3 is 5.97 Å². The number of hydrogen-bond acceptors (Lipinski definition) is 4. The van der Waals surface area contributed by atoms with Gasteiger partial charge in [0.25, 0.3) is 0 Å². The number of carbonyl (C=O) groups excluding carboxylic acids is 1. The fraction of sp³-hybridized carbons (Fsp3) is 0.533. The molecule has 1 saturated carbocycles. The summed E-state index contributed by atoms with van der Waals surface area (Å²) in [4.78, 5) is 22.1. The van der Waals surface area contributed by atoms with Gasteiger partial charge in [-0.15, -0.1) is 0 Å². The molecule has 0 aromatic heterocycles. The Morgan fingerprint density at radius 2 is 1.95 bits per heavy atom. The Labute approximate surface area is 113 Å². The maximum Gasteiger partial charge on any atom is 0.376 e. The van der Waals surface area contributed by atoms with E-state index in [1.165, 1.54) is 6.42 Å². The van der Waals surface area contributed by atoms with Gasteiger partial charge in [0, 0.05) is 0 Å². The zero-order chi connectivity index (χ0) is 13.5. The van der Waals surface area contributed by atoms with Crippen molar-refractivity contribution in [2.75, 3.05) is 6.61 Å². The highest BCUT2D eigenvalue weighted by atomic mass is 17.2. The zero-order valence-electron chi connectivity index (χ0n) is 11.3. The number of carbonyl (C=O) groups is 1. The number of para-hydroxylation sites is 1. The lowest BCUT2D eigenvalue weighted by Crippen LogP contribution is -2.19. The Kier molecular flexibility index (Phi) is 5.21. The average Bonchev–Trinajstić information content (AvgIpc) is 2.47. The lowest BCUT2D eigenvalue weighted by Gasteiger charge is -2.20. The summed E-state index contributed by atoms with van der Waals surface area (Å²) < 4.78 is 5.39. The van der Waals surface area contributed by atoms with Gasteiger partial charge in [-0.2, -0.15) is 4.89 Å². The summed E-state index contributed by atoms with van der Waals surface area (Å²) >= 11 is 0. The predicted molar refractivity (Wildman–Crippen MR) is 71.0 cm³/mol. The van der Waals surface area contributed by atoms with Gasteiger partial charge in [-0.3, -0.25) is 4.89 Å². The van der Waals surface area contributed by atoms with Crippen LogP contribution >= 0.6 is 0 Å². The van der Waals surface area contributed by atoms with Crippen LogP contribution < -0.4 is 4.74 Å². The quantitative estimate of drug-likeness (QED) is 0.603. The lowest BCUT2D eigenvalue weighted by atomic mass is 9.98. The van der Waals surface area contributed by atoms with Crippen LogP contribution in [0.5, 0.6) is 5.75 Å². The molecule has 0 radical (unpaired) electrons. The van der Waals surface area contributed by atoms with Crippen LogP contribution in [0.15, 0.2) is 24.3 Å². The maximum atomic E-state index is 12.0. The fourth-order valence-electron chi connectivity index (χ4n) is 2.23. The standard InChI is InChI=1S/C15H20O4/c1-2-17-14-11-7-6-10-13(14)15(16)19-18-12-8-4-3-5-9-12/h6-7,10-12H,2-5,8-9H2,1H3. The molecule has 0 spiro atoms. The van der Waals surface area contributed by atoms with Crippen LogP contribution in [0.3, 0.4) is 0 Å². The second-order valence-electron chi connectivity index (χ2n) is 4.66. The second kappa shape index (κ2) is 7.14. The van der Waals surface area contributed by atoms with Gasteiger partial charge in [-0.05, 0) is 31.9 Å². The van der Waals surface area contributed by atoms with Gasteiger partial charge in [0.05, 0.1) is 6.61 Å². The van der Waals surface area contributed by atoms with Crippen LogP contribution in [-0.4, -0.2) is 18.7 Å². The summed E-state index contributed by atoms with van der Waals surface area (Å²) in [6.45, 7) is 2.38.